The van der Waals surface area contributed by atoms with Crippen molar-refractivity contribution in [1.29, 1.82) is 0 Å². The molecular weight excluding hydrogens is 446 g/mol. The summed E-state index contributed by atoms with van der Waals surface area (Å²) in [6, 6.07) is 33.0. The van der Waals surface area contributed by atoms with E-state index in [1.807, 2.05) is 78.9 Å². The fraction of sp³-hybridized carbons (Fsp3) is 0.0345. The largest absolute Gasteiger partial charge is 0.450 e. The van der Waals surface area contributed by atoms with Gasteiger partial charge in [-0.05, 0) is 47.5 Å². The maximum absolute atomic E-state index is 13.7. The topological polar surface area (TPSA) is 59.3 Å². The molecule has 1 N–H and O–H groups in total. The fourth-order valence-corrected chi connectivity index (χ4v) is 4.17. The fourth-order valence-electron chi connectivity index (χ4n) is 4.04. The molecule has 0 aliphatic rings. The molecule has 0 saturated heterocycles. The summed E-state index contributed by atoms with van der Waals surface area (Å²) in [6.45, 7) is 0. The number of para-hydroxylation sites is 1. The number of rotatable bonds is 6. The first-order chi connectivity index (χ1) is 16.6. The van der Waals surface area contributed by atoms with Crippen LogP contribution in [0.4, 0.5) is 5.69 Å². The van der Waals surface area contributed by atoms with Crippen LogP contribution in [-0.4, -0.2) is 11.7 Å². The van der Waals surface area contributed by atoms with Gasteiger partial charge in [-0.3, -0.25) is 9.59 Å². The lowest BCUT2D eigenvalue weighted by Gasteiger charge is -2.18. The van der Waals surface area contributed by atoms with Gasteiger partial charge in [0.1, 0.15) is 5.58 Å². The smallest absolute Gasteiger partial charge is 0.236 e. The average molecular weight is 466 g/mol. The maximum atomic E-state index is 13.7. The molecule has 5 rings (SSSR count). The molecule has 1 amide bonds. The van der Waals surface area contributed by atoms with E-state index >= 15 is 0 Å². The third-order valence-corrected chi connectivity index (χ3v) is 5.94. The van der Waals surface area contributed by atoms with Gasteiger partial charge in [0.25, 0.3) is 0 Å². The number of nitrogens with one attached hydrogen (secondary N) is 1. The second-order valence-electron chi connectivity index (χ2n) is 7.88. The molecule has 0 saturated carbocycles. The predicted molar refractivity (Wildman–Crippen MR) is 134 cm³/mol. The lowest BCUT2D eigenvalue weighted by Crippen LogP contribution is -2.23. The minimum atomic E-state index is -0.561. The molecule has 4 nitrogen and oxygen atoms in total. The summed E-state index contributed by atoms with van der Waals surface area (Å²) in [5.41, 5.74) is 3.00. The molecule has 5 aromatic rings. The summed E-state index contributed by atoms with van der Waals surface area (Å²) < 4.78 is 5.94. The Morgan fingerprint density at radius 3 is 1.88 bits per heavy atom. The maximum Gasteiger partial charge on any atom is 0.236 e. The second-order valence-corrected chi connectivity index (χ2v) is 8.32. The van der Waals surface area contributed by atoms with Crippen LogP contribution in [-0.2, 0) is 4.79 Å². The van der Waals surface area contributed by atoms with Gasteiger partial charge in [0.05, 0.1) is 11.6 Å². The zero-order chi connectivity index (χ0) is 23.5. The number of amides is 1. The Morgan fingerprint density at radius 2 is 1.26 bits per heavy atom. The van der Waals surface area contributed by atoms with Gasteiger partial charge in [0, 0.05) is 16.0 Å². The van der Waals surface area contributed by atoms with Crippen molar-refractivity contribution in [3.8, 4) is 0 Å². The molecule has 0 radical (unpaired) electrons. The van der Waals surface area contributed by atoms with Crippen LogP contribution in [0.2, 0.25) is 5.02 Å². The number of hydrogen-bond donors (Lipinski definition) is 1. The number of fused-ring (bicyclic) bond motifs is 1. The Kier molecular flexibility index (Phi) is 5.98. The van der Waals surface area contributed by atoms with Crippen LogP contribution in [0, 0.1) is 0 Å². The van der Waals surface area contributed by atoms with Gasteiger partial charge >= 0.3 is 0 Å². The Balaban J connectivity index is 1.58. The first kappa shape index (κ1) is 21.7. The zero-order valence-electron chi connectivity index (χ0n) is 18.1. The second kappa shape index (κ2) is 9.38. The van der Waals surface area contributed by atoms with Gasteiger partial charge < -0.3 is 9.73 Å². The van der Waals surface area contributed by atoms with Crippen LogP contribution in [0.3, 0.4) is 0 Å². The molecule has 0 spiro atoms. The molecule has 4 aromatic carbocycles. The highest BCUT2D eigenvalue weighted by molar-refractivity contribution is 6.30. The van der Waals surface area contributed by atoms with Gasteiger partial charge in [-0.1, -0.05) is 84.4 Å². The normalized spacial score (nSPS) is 11.0. The number of halogens is 1. The summed E-state index contributed by atoms with van der Waals surface area (Å²) in [5, 5.41) is 4.20. The summed E-state index contributed by atoms with van der Waals surface area (Å²) >= 11 is 5.99. The number of carbonyl (C=O) groups is 2. The lowest BCUT2D eigenvalue weighted by molar-refractivity contribution is -0.116. The number of furan rings is 1. The molecular formula is C29H20ClNO3. The minimum absolute atomic E-state index is 0.0803. The zero-order valence-corrected chi connectivity index (χ0v) is 18.8. The molecule has 5 heteroatoms. The van der Waals surface area contributed by atoms with Crippen molar-refractivity contribution in [2.75, 3.05) is 5.32 Å². The van der Waals surface area contributed by atoms with E-state index in [-0.39, 0.29) is 17.5 Å². The van der Waals surface area contributed by atoms with E-state index in [0.29, 0.717) is 27.2 Å². The average Bonchev–Trinajstić information content (AvgIpc) is 3.24. The van der Waals surface area contributed by atoms with Crippen LogP contribution < -0.4 is 5.32 Å². The molecule has 34 heavy (non-hydrogen) atoms. The molecule has 166 valence electrons. The third-order valence-electron chi connectivity index (χ3n) is 5.68. The van der Waals surface area contributed by atoms with Gasteiger partial charge in [-0.25, -0.2) is 0 Å². The molecule has 1 aromatic heterocycles. The van der Waals surface area contributed by atoms with Crippen LogP contribution in [0.1, 0.15) is 33.2 Å². The summed E-state index contributed by atoms with van der Waals surface area (Å²) in [5.74, 6) is -1.07. The van der Waals surface area contributed by atoms with Crippen molar-refractivity contribution < 1.29 is 14.0 Å². The molecule has 0 aliphatic carbocycles. The highest BCUT2D eigenvalue weighted by Gasteiger charge is 2.28. The van der Waals surface area contributed by atoms with Gasteiger partial charge in [0.2, 0.25) is 11.7 Å². The number of benzene rings is 4. The van der Waals surface area contributed by atoms with E-state index in [4.69, 9.17) is 16.0 Å². The number of hydrogen-bond acceptors (Lipinski definition) is 3. The minimum Gasteiger partial charge on any atom is -0.450 e. The standard InChI is InChI=1S/C29H20ClNO3/c30-22-17-15-21(16-18-22)27(32)28-26(23-13-7-8-14-24(23)34-28)31-29(33)25(19-9-3-1-4-10-19)20-11-5-2-6-12-20/h1-18,25H,(H,31,33). The van der Waals surface area contributed by atoms with Crippen LogP contribution in [0.25, 0.3) is 11.0 Å². The molecule has 0 unspecified atom stereocenters. The van der Waals surface area contributed by atoms with Crippen molar-refractivity contribution in [3.05, 3.63) is 137 Å². The quantitative estimate of drug-likeness (QED) is 0.272. The van der Waals surface area contributed by atoms with Gasteiger partial charge in [-0.15, -0.1) is 0 Å². The van der Waals surface area contributed by atoms with Gasteiger partial charge in [0.15, 0.2) is 5.76 Å². The SMILES string of the molecule is O=C(c1ccc(Cl)cc1)c1oc2ccccc2c1NC(=O)C(c1ccccc1)c1ccccc1. The van der Waals surface area contributed by atoms with E-state index in [1.165, 1.54) is 0 Å². The van der Waals surface area contributed by atoms with E-state index in [1.54, 1.807) is 30.3 Å². The summed E-state index contributed by atoms with van der Waals surface area (Å²) in [7, 11) is 0. The highest BCUT2D eigenvalue weighted by atomic mass is 35.5. The Labute approximate surface area is 201 Å². The molecule has 0 atom stereocenters. The van der Waals surface area contributed by atoms with E-state index in [0.717, 1.165) is 11.1 Å². The molecule has 0 bridgehead atoms. The van der Waals surface area contributed by atoms with E-state index in [9.17, 15) is 9.59 Å². The Morgan fingerprint density at radius 1 is 0.706 bits per heavy atom. The van der Waals surface area contributed by atoms with Crippen molar-refractivity contribution in [2.45, 2.75) is 5.92 Å². The highest BCUT2D eigenvalue weighted by Crippen LogP contribution is 2.35. The van der Waals surface area contributed by atoms with Crippen LogP contribution in [0.5, 0.6) is 0 Å². The summed E-state index contributed by atoms with van der Waals surface area (Å²) in [4.78, 5) is 27.1. The third kappa shape index (κ3) is 4.24. The molecule has 1 heterocycles. The van der Waals surface area contributed by atoms with E-state index < -0.39 is 5.92 Å². The van der Waals surface area contributed by atoms with Crippen molar-refractivity contribution >= 4 is 39.9 Å². The lowest BCUT2D eigenvalue weighted by atomic mass is 9.90. The Bertz CT molecular complexity index is 1420. The van der Waals surface area contributed by atoms with Crippen molar-refractivity contribution in [1.82, 2.24) is 0 Å². The number of anilines is 1. The van der Waals surface area contributed by atoms with Gasteiger partial charge in [-0.2, -0.15) is 0 Å². The predicted octanol–water partition coefficient (Wildman–Crippen LogP) is 7.09. The molecule has 0 aliphatic heterocycles. The summed E-state index contributed by atoms with van der Waals surface area (Å²) in [6.07, 6.45) is 0. The first-order valence-corrected chi connectivity index (χ1v) is 11.2. The van der Waals surface area contributed by atoms with Crippen LogP contribution >= 0.6 is 11.6 Å². The van der Waals surface area contributed by atoms with Crippen LogP contribution in [0.15, 0.2) is 114 Å². The first-order valence-electron chi connectivity index (χ1n) is 10.8. The number of carbonyl (C=O) groups excluding carboxylic acids is 2. The Hall–Kier alpha value is -4.15. The number of ketones is 1. The molecule has 0 fully saturated rings. The van der Waals surface area contributed by atoms with Crippen molar-refractivity contribution in [2.24, 2.45) is 0 Å². The van der Waals surface area contributed by atoms with Crippen molar-refractivity contribution in [3.63, 3.8) is 0 Å². The van der Waals surface area contributed by atoms with E-state index in [2.05, 4.69) is 5.32 Å². The monoisotopic (exact) mass is 465 g/mol.